The number of fused-ring (bicyclic) bond motifs is 1. The van der Waals surface area contributed by atoms with Crippen LogP contribution >= 0.6 is 0 Å². The molecule has 2 N–H and O–H groups in total. The third-order valence-corrected chi connectivity index (χ3v) is 4.45. The van der Waals surface area contributed by atoms with E-state index in [-0.39, 0.29) is 47.5 Å². The van der Waals surface area contributed by atoms with Gasteiger partial charge in [-0.1, -0.05) is 6.07 Å². The predicted octanol–water partition coefficient (Wildman–Crippen LogP) is 3.89. The summed E-state index contributed by atoms with van der Waals surface area (Å²) in [5.41, 5.74) is 0.377. The largest absolute Gasteiger partial charge is 0.573 e. The predicted molar refractivity (Wildman–Crippen MR) is 93.8 cm³/mol. The number of carboxylic acid groups (broad SMARTS) is 2. The molecule has 0 saturated heterocycles. The van der Waals surface area contributed by atoms with Crippen LogP contribution in [0.1, 0.15) is 11.1 Å². The Bertz CT molecular complexity index is 992. The highest BCUT2D eigenvalue weighted by Crippen LogP contribution is 2.40. The maximum absolute atomic E-state index is 14.3. The molecule has 0 unspecified atom stereocenters. The number of rotatable bonds is 5. The van der Waals surface area contributed by atoms with Crippen LogP contribution in [0.4, 0.5) is 22.4 Å². The Kier molecular flexibility index (Phi) is 5.72. The van der Waals surface area contributed by atoms with Crippen molar-refractivity contribution in [2.75, 3.05) is 13.2 Å². The molecule has 160 valence electrons. The zero-order chi connectivity index (χ0) is 22.1. The molecule has 0 bridgehead atoms. The van der Waals surface area contributed by atoms with Gasteiger partial charge in [-0.15, -0.1) is 13.2 Å². The van der Waals surface area contributed by atoms with Crippen LogP contribution in [0.3, 0.4) is 0 Å². The van der Waals surface area contributed by atoms with Crippen LogP contribution in [0.2, 0.25) is 0 Å². The van der Waals surface area contributed by atoms with Crippen LogP contribution in [0, 0.1) is 5.82 Å². The molecule has 1 aliphatic heterocycles. The third-order valence-electron chi connectivity index (χ3n) is 4.45. The number of alkyl halides is 3. The van der Waals surface area contributed by atoms with Gasteiger partial charge in [0, 0.05) is 18.7 Å². The van der Waals surface area contributed by atoms with Crippen LogP contribution in [0.5, 0.6) is 11.5 Å². The Morgan fingerprint density at radius 1 is 1.07 bits per heavy atom. The summed E-state index contributed by atoms with van der Waals surface area (Å²) in [6.07, 6.45) is -6.22. The zero-order valence-electron chi connectivity index (χ0n) is 15.2. The molecule has 11 heteroatoms. The van der Waals surface area contributed by atoms with E-state index in [1.54, 1.807) is 0 Å². The second-order valence-electron chi connectivity index (χ2n) is 6.39. The van der Waals surface area contributed by atoms with E-state index < -0.39 is 36.6 Å². The van der Waals surface area contributed by atoms with Crippen LogP contribution in [-0.4, -0.2) is 46.7 Å². The summed E-state index contributed by atoms with van der Waals surface area (Å²) in [5, 5.41) is 18.0. The Hall–Kier alpha value is -3.50. The first-order valence-electron chi connectivity index (χ1n) is 8.58. The number of hydrogen-bond donors (Lipinski definition) is 2. The Morgan fingerprint density at radius 2 is 1.80 bits per heavy atom. The van der Waals surface area contributed by atoms with Gasteiger partial charge in [-0.2, -0.15) is 0 Å². The maximum Gasteiger partial charge on any atom is 0.573 e. The number of ether oxygens (including phenoxy) is 2. The van der Waals surface area contributed by atoms with Crippen molar-refractivity contribution in [3.63, 3.8) is 0 Å². The minimum Gasteiger partial charge on any atom is -0.482 e. The van der Waals surface area contributed by atoms with Gasteiger partial charge < -0.3 is 24.6 Å². The quantitative estimate of drug-likeness (QED) is 0.701. The average Bonchev–Trinajstić information content (AvgIpc) is 2.66. The third kappa shape index (κ3) is 4.73. The minimum absolute atomic E-state index is 0.0381. The second kappa shape index (κ2) is 8.09. The van der Waals surface area contributed by atoms with Crippen molar-refractivity contribution in [1.82, 2.24) is 4.90 Å². The molecule has 0 saturated carbocycles. The van der Waals surface area contributed by atoms with Gasteiger partial charge in [0.15, 0.2) is 6.61 Å². The molecule has 1 heterocycles. The number of amides is 1. The van der Waals surface area contributed by atoms with Gasteiger partial charge in [-0.25, -0.2) is 14.0 Å². The Balaban J connectivity index is 2.14. The monoisotopic (exact) mass is 429 g/mol. The van der Waals surface area contributed by atoms with Crippen molar-refractivity contribution in [1.29, 1.82) is 0 Å². The molecule has 0 aromatic heterocycles. The van der Waals surface area contributed by atoms with Gasteiger partial charge in [0.25, 0.3) is 0 Å². The van der Waals surface area contributed by atoms with E-state index in [2.05, 4.69) is 4.74 Å². The van der Waals surface area contributed by atoms with Crippen LogP contribution in [0.15, 0.2) is 30.3 Å². The van der Waals surface area contributed by atoms with Gasteiger partial charge in [0.2, 0.25) is 0 Å². The van der Waals surface area contributed by atoms with Crippen molar-refractivity contribution in [2.45, 2.75) is 19.3 Å². The SMILES string of the molecule is O=C(O)COc1ccc(OC(F)(F)F)c(-c2ccc(F)c3c2CN(C(=O)O)CC3)c1. The summed E-state index contributed by atoms with van der Waals surface area (Å²) in [6, 6.07) is 5.49. The van der Waals surface area contributed by atoms with Crippen LogP contribution < -0.4 is 9.47 Å². The molecule has 2 aromatic carbocycles. The first-order valence-corrected chi connectivity index (χ1v) is 8.58. The van der Waals surface area contributed by atoms with Gasteiger partial charge in [-0.05, 0) is 47.4 Å². The van der Waals surface area contributed by atoms with E-state index in [0.717, 1.165) is 29.2 Å². The number of benzene rings is 2. The molecule has 2 aromatic rings. The lowest BCUT2D eigenvalue weighted by molar-refractivity contribution is -0.274. The number of carboxylic acids is 1. The molecule has 3 rings (SSSR count). The molecule has 0 aliphatic carbocycles. The standard InChI is InChI=1S/C19H15F4NO6/c20-15-3-2-11(14-8-24(18(27)28)6-5-12(14)15)13-7-10(29-9-17(25)26)1-4-16(13)30-19(21,22)23/h1-4,7H,5-6,8-9H2,(H,25,26)(H,27,28). The van der Waals surface area contributed by atoms with E-state index in [9.17, 15) is 32.3 Å². The fraction of sp³-hybridized carbons (Fsp3) is 0.263. The fourth-order valence-electron chi connectivity index (χ4n) is 3.22. The van der Waals surface area contributed by atoms with Gasteiger partial charge in [-0.3, -0.25) is 0 Å². The molecule has 0 spiro atoms. The number of nitrogens with zero attached hydrogens (tertiary/aromatic N) is 1. The molecule has 0 fully saturated rings. The molecular weight excluding hydrogens is 414 g/mol. The highest BCUT2D eigenvalue weighted by Gasteiger charge is 2.33. The Morgan fingerprint density at radius 3 is 2.43 bits per heavy atom. The van der Waals surface area contributed by atoms with Crippen molar-refractivity contribution in [2.24, 2.45) is 0 Å². The number of carbonyl (C=O) groups is 2. The van der Waals surface area contributed by atoms with E-state index >= 15 is 0 Å². The smallest absolute Gasteiger partial charge is 0.482 e. The molecule has 30 heavy (non-hydrogen) atoms. The summed E-state index contributed by atoms with van der Waals surface area (Å²) < 4.78 is 62.0. The second-order valence-corrected chi connectivity index (χ2v) is 6.39. The number of hydrogen-bond acceptors (Lipinski definition) is 4. The summed E-state index contributed by atoms with van der Waals surface area (Å²) in [5.74, 6) is -2.56. The van der Waals surface area contributed by atoms with Crippen molar-refractivity contribution in [3.8, 4) is 22.6 Å². The van der Waals surface area contributed by atoms with Crippen LogP contribution in [0.25, 0.3) is 11.1 Å². The summed E-state index contributed by atoms with van der Waals surface area (Å²) >= 11 is 0. The highest BCUT2D eigenvalue weighted by molar-refractivity contribution is 5.77. The van der Waals surface area contributed by atoms with Gasteiger partial charge in [0.05, 0.1) is 0 Å². The molecule has 0 atom stereocenters. The van der Waals surface area contributed by atoms with Crippen molar-refractivity contribution < 1.29 is 46.8 Å². The minimum atomic E-state index is -5.02. The molecule has 1 aliphatic rings. The topological polar surface area (TPSA) is 96.3 Å². The normalized spacial score (nSPS) is 13.5. The van der Waals surface area contributed by atoms with Crippen molar-refractivity contribution in [3.05, 3.63) is 47.3 Å². The van der Waals surface area contributed by atoms with E-state index in [1.807, 2.05) is 0 Å². The van der Waals surface area contributed by atoms with E-state index in [1.165, 1.54) is 6.07 Å². The zero-order valence-corrected chi connectivity index (χ0v) is 15.2. The number of halogens is 4. The lowest BCUT2D eigenvalue weighted by Gasteiger charge is -2.29. The molecular formula is C19H15F4NO6. The number of aliphatic carboxylic acids is 1. The molecule has 1 amide bonds. The summed E-state index contributed by atoms with van der Waals surface area (Å²) in [4.78, 5) is 23.1. The van der Waals surface area contributed by atoms with E-state index in [0.29, 0.717) is 0 Å². The highest BCUT2D eigenvalue weighted by atomic mass is 19.4. The summed E-state index contributed by atoms with van der Waals surface area (Å²) in [7, 11) is 0. The van der Waals surface area contributed by atoms with Gasteiger partial charge in [0.1, 0.15) is 17.3 Å². The Labute approximate surface area is 167 Å². The average molecular weight is 429 g/mol. The molecule has 0 radical (unpaired) electrons. The van der Waals surface area contributed by atoms with Crippen LogP contribution in [-0.2, 0) is 17.8 Å². The van der Waals surface area contributed by atoms with Gasteiger partial charge >= 0.3 is 18.4 Å². The van der Waals surface area contributed by atoms with Crippen molar-refractivity contribution >= 4 is 12.1 Å². The first-order chi connectivity index (χ1) is 14.0. The lowest BCUT2D eigenvalue weighted by atomic mass is 9.90. The maximum atomic E-state index is 14.3. The summed E-state index contributed by atoms with van der Waals surface area (Å²) in [6.45, 7) is -0.924. The van der Waals surface area contributed by atoms with E-state index in [4.69, 9.17) is 9.84 Å². The lowest BCUT2D eigenvalue weighted by Crippen LogP contribution is -2.35. The molecule has 7 nitrogen and oxygen atoms in total. The fourth-order valence-corrected chi connectivity index (χ4v) is 3.22. The first kappa shape index (κ1) is 21.2.